The fourth-order valence-corrected chi connectivity index (χ4v) is 3.41. The van der Waals surface area contributed by atoms with Gasteiger partial charge in [0.1, 0.15) is 0 Å². The molecule has 1 amide bonds. The van der Waals surface area contributed by atoms with Crippen LogP contribution in [-0.2, 0) is 9.59 Å². The third-order valence-electron chi connectivity index (χ3n) is 4.62. The van der Waals surface area contributed by atoms with Crippen LogP contribution in [-0.4, -0.2) is 29.2 Å². The molecule has 102 valence electrons. The van der Waals surface area contributed by atoms with Crippen LogP contribution in [0.25, 0.3) is 0 Å². The number of nitrogens with zero attached hydrogens (tertiary/aromatic N) is 1. The number of hydrogen-bond donors (Lipinski definition) is 0. The van der Waals surface area contributed by atoms with Gasteiger partial charge < -0.3 is 4.90 Å². The Hall–Kier alpha value is -1.38. The molecule has 1 saturated carbocycles. The van der Waals surface area contributed by atoms with Gasteiger partial charge in [-0.1, -0.05) is 25.0 Å². The molecule has 2 fully saturated rings. The van der Waals surface area contributed by atoms with Crippen LogP contribution in [0.5, 0.6) is 0 Å². The monoisotopic (exact) mass is 259 g/mol. The normalized spacial score (nSPS) is 28.9. The van der Waals surface area contributed by atoms with Gasteiger partial charge in [0.25, 0.3) is 0 Å². The fourth-order valence-electron chi connectivity index (χ4n) is 3.41. The maximum atomic E-state index is 12.5. The molecule has 19 heavy (non-hydrogen) atoms. The average Bonchev–Trinajstić information content (AvgIpc) is 3.02. The largest absolute Gasteiger partial charge is 0.329 e. The Morgan fingerprint density at radius 3 is 2.53 bits per heavy atom. The van der Waals surface area contributed by atoms with Crippen molar-refractivity contribution in [3.8, 4) is 0 Å². The summed E-state index contributed by atoms with van der Waals surface area (Å²) < 4.78 is 0. The predicted molar refractivity (Wildman–Crippen MR) is 73.5 cm³/mol. The maximum Gasteiger partial charge on any atom is 0.247 e. The summed E-state index contributed by atoms with van der Waals surface area (Å²) in [6.07, 6.45) is 12.8. The third-order valence-corrected chi connectivity index (χ3v) is 4.62. The Balaban J connectivity index is 1.68. The molecule has 0 aromatic heterocycles. The quantitative estimate of drug-likeness (QED) is 0.731. The Labute approximate surface area is 114 Å². The topological polar surface area (TPSA) is 37.4 Å². The van der Waals surface area contributed by atoms with Crippen LogP contribution in [0.2, 0.25) is 0 Å². The van der Waals surface area contributed by atoms with Gasteiger partial charge in [0.05, 0.1) is 6.04 Å². The number of Topliss-reactive ketones (excluding diaryl/α,β-unsaturated/α-hetero) is 1. The lowest BCUT2D eigenvalue weighted by molar-refractivity contribution is -0.135. The zero-order valence-electron chi connectivity index (χ0n) is 11.3. The highest BCUT2D eigenvalue weighted by Crippen LogP contribution is 2.31. The smallest absolute Gasteiger partial charge is 0.247 e. The van der Waals surface area contributed by atoms with E-state index in [2.05, 4.69) is 0 Å². The van der Waals surface area contributed by atoms with Crippen LogP contribution in [0.3, 0.4) is 0 Å². The predicted octanol–water partition coefficient (Wildman–Crippen LogP) is 2.62. The van der Waals surface area contributed by atoms with E-state index < -0.39 is 0 Å². The van der Waals surface area contributed by atoms with Gasteiger partial charge in [0, 0.05) is 18.5 Å². The average molecular weight is 259 g/mol. The molecule has 0 spiro atoms. The van der Waals surface area contributed by atoms with E-state index >= 15 is 0 Å². The molecule has 1 aliphatic heterocycles. The van der Waals surface area contributed by atoms with E-state index in [4.69, 9.17) is 0 Å². The second-order valence-corrected chi connectivity index (χ2v) is 5.90. The molecule has 0 aromatic carbocycles. The molecule has 0 unspecified atom stereocenters. The number of rotatable bonds is 3. The summed E-state index contributed by atoms with van der Waals surface area (Å²) in [7, 11) is 0. The highest BCUT2D eigenvalue weighted by Gasteiger charge is 2.37. The summed E-state index contributed by atoms with van der Waals surface area (Å²) in [4.78, 5) is 26.6. The van der Waals surface area contributed by atoms with Crippen LogP contribution in [0, 0.1) is 5.92 Å². The molecule has 0 aromatic rings. The molecule has 2 aliphatic carbocycles. The molecular weight excluding hydrogens is 238 g/mol. The highest BCUT2D eigenvalue weighted by atomic mass is 16.2. The van der Waals surface area contributed by atoms with Crippen LogP contribution in [0.1, 0.15) is 44.9 Å². The minimum atomic E-state index is -0.142. The van der Waals surface area contributed by atoms with Gasteiger partial charge in [-0.2, -0.15) is 0 Å². The van der Waals surface area contributed by atoms with Crippen molar-refractivity contribution < 1.29 is 9.59 Å². The number of hydrogen-bond acceptors (Lipinski definition) is 2. The number of likely N-dealkylation sites (tertiary alicyclic amines) is 1. The van der Waals surface area contributed by atoms with Crippen molar-refractivity contribution in [2.45, 2.75) is 51.0 Å². The Morgan fingerprint density at radius 2 is 1.89 bits per heavy atom. The molecule has 1 heterocycles. The number of carbonyl (C=O) groups is 2. The molecule has 1 atom stereocenters. The molecule has 0 bridgehead atoms. The van der Waals surface area contributed by atoms with Gasteiger partial charge in [-0.25, -0.2) is 0 Å². The first-order valence-electron chi connectivity index (χ1n) is 7.47. The van der Waals surface area contributed by atoms with Crippen LogP contribution in [0.15, 0.2) is 23.8 Å². The molecule has 1 saturated heterocycles. The van der Waals surface area contributed by atoms with Gasteiger partial charge in [-0.05, 0) is 37.7 Å². The molecule has 0 radical (unpaired) electrons. The minimum absolute atomic E-state index is 0.0354. The van der Waals surface area contributed by atoms with E-state index in [1.54, 1.807) is 11.0 Å². The Kier molecular flexibility index (Phi) is 3.54. The molecule has 3 heteroatoms. The first-order chi connectivity index (χ1) is 9.25. The maximum absolute atomic E-state index is 12.5. The van der Waals surface area contributed by atoms with Gasteiger partial charge >= 0.3 is 0 Å². The number of ketones is 1. The summed E-state index contributed by atoms with van der Waals surface area (Å²) >= 11 is 0. The third kappa shape index (κ3) is 2.51. The molecule has 3 nitrogen and oxygen atoms in total. The lowest BCUT2D eigenvalue weighted by Gasteiger charge is -2.25. The van der Waals surface area contributed by atoms with E-state index in [1.807, 2.05) is 12.2 Å². The first kappa shape index (κ1) is 12.6. The first-order valence-corrected chi connectivity index (χ1v) is 7.47. The van der Waals surface area contributed by atoms with Crippen molar-refractivity contribution in [1.29, 1.82) is 0 Å². The van der Waals surface area contributed by atoms with Gasteiger partial charge in [0.15, 0.2) is 5.78 Å². The lowest BCUT2D eigenvalue weighted by Crippen LogP contribution is -2.42. The van der Waals surface area contributed by atoms with E-state index in [1.165, 1.54) is 12.8 Å². The summed E-state index contributed by atoms with van der Waals surface area (Å²) in [6, 6.07) is -0.142. The zero-order valence-corrected chi connectivity index (χ0v) is 11.3. The minimum Gasteiger partial charge on any atom is -0.329 e. The zero-order chi connectivity index (χ0) is 13.2. The number of amides is 1. The highest BCUT2D eigenvalue weighted by molar-refractivity contribution is 5.95. The Morgan fingerprint density at radius 1 is 1.16 bits per heavy atom. The summed E-state index contributed by atoms with van der Waals surface area (Å²) in [6.45, 7) is 0.745. The summed E-state index contributed by atoms with van der Waals surface area (Å²) in [5.74, 6) is 0.578. The van der Waals surface area contributed by atoms with Crippen LogP contribution in [0.4, 0.5) is 0 Å². The van der Waals surface area contributed by atoms with Crippen molar-refractivity contribution in [2.24, 2.45) is 5.92 Å². The second-order valence-electron chi connectivity index (χ2n) is 5.90. The van der Waals surface area contributed by atoms with Crippen molar-refractivity contribution in [3.05, 3.63) is 23.8 Å². The second kappa shape index (κ2) is 5.32. The van der Waals surface area contributed by atoms with Crippen LogP contribution >= 0.6 is 0 Å². The molecule has 3 aliphatic rings. The molecule has 0 N–H and O–H groups in total. The van der Waals surface area contributed by atoms with Gasteiger partial charge in [0.2, 0.25) is 5.91 Å². The van der Waals surface area contributed by atoms with Crippen molar-refractivity contribution in [3.63, 3.8) is 0 Å². The van der Waals surface area contributed by atoms with Gasteiger partial charge in [-0.15, -0.1) is 0 Å². The van der Waals surface area contributed by atoms with E-state index in [-0.39, 0.29) is 17.9 Å². The van der Waals surface area contributed by atoms with E-state index in [0.29, 0.717) is 5.78 Å². The van der Waals surface area contributed by atoms with Gasteiger partial charge in [-0.3, -0.25) is 9.59 Å². The van der Waals surface area contributed by atoms with E-state index in [9.17, 15) is 9.59 Å². The standard InChI is InChI=1S/C16H21NO2/c18-15(11-12-5-3-6-12)17-10-4-9-14(17)16(19)13-7-1-2-8-13/h3,5,11,13-14H,1-2,4,6-10H2/b12-11-/t14-/m0/s1. The summed E-state index contributed by atoms with van der Waals surface area (Å²) in [5, 5.41) is 0. The SMILES string of the molecule is O=C(C1CCCC1)[C@@H]1CCCN1C(=O)/C=C1/C=CC1. The fraction of sp³-hybridized carbons (Fsp3) is 0.625. The van der Waals surface area contributed by atoms with E-state index in [0.717, 1.165) is 44.2 Å². The molecular formula is C16H21NO2. The lowest BCUT2D eigenvalue weighted by atomic mass is 9.95. The Bertz CT molecular complexity index is 444. The van der Waals surface area contributed by atoms with Crippen LogP contribution < -0.4 is 0 Å². The molecule has 3 rings (SSSR count). The van der Waals surface area contributed by atoms with Crippen molar-refractivity contribution >= 4 is 11.7 Å². The summed E-state index contributed by atoms with van der Waals surface area (Å²) in [5.41, 5.74) is 1.09. The number of carbonyl (C=O) groups excluding carboxylic acids is 2. The van der Waals surface area contributed by atoms with Crippen molar-refractivity contribution in [2.75, 3.05) is 6.54 Å². The van der Waals surface area contributed by atoms with Crippen molar-refractivity contribution in [1.82, 2.24) is 4.90 Å². The number of allylic oxidation sites excluding steroid dienone is 3.